The fraction of sp³-hybridized carbons (Fsp3) is 0. The molecule has 3 aromatic carbocycles. The van der Waals surface area contributed by atoms with Crippen molar-refractivity contribution in [3.8, 4) is 0 Å². The number of carbonyl (C=O) groups excluding carboxylic acids is 1. The van der Waals surface area contributed by atoms with E-state index in [4.69, 9.17) is 5.73 Å². The molecule has 0 aliphatic heterocycles. The molecule has 3 N–H and O–H groups in total. The van der Waals surface area contributed by atoms with Crippen LogP contribution in [0.25, 0.3) is 10.9 Å². The highest BCUT2D eigenvalue weighted by Gasteiger charge is 2.17. The van der Waals surface area contributed by atoms with Crippen molar-refractivity contribution in [2.24, 2.45) is 0 Å². The van der Waals surface area contributed by atoms with Crippen LogP contribution in [-0.2, 0) is 10.0 Å². The molecule has 0 saturated heterocycles. The summed E-state index contributed by atoms with van der Waals surface area (Å²) in [5.74, 6) is -0.679. The summed E-state index contributed by atoms with van der Waals surface area (Å²) in [6.45, 7) is 0. The van der Waals surface area contributed by atoms with Gasteiger partial charge >= 0.3 is 0 Å². The average Bonchev–Trinajstić information content (AvgIpc) is 3.05. The van der Waals surface area contributed by atoms with Gasteiger partial charge in [-0.15, -0.1) is 5.10 Å². The van der Waals surface area contributed by atoms with Gasteiger partial charge in [0.05, 0.1) is 10.4 Å². The Hall–Kier alpha value is -3.72. The summed E-state index contributed by atoms with van der Waals surface area (Å²) in [6.07, 6.45) is 0. The monoisotopic (exact) mass is 410 g/mol. The van der Waals surface area contributed by atoms with Crippen molar-refractivity contribution in [3.63, 3.8) is 0 Å². The summed E-state index contributed by atoms with van der Waals surface area (Å²) in [7, 11) is -3.88. The number of nitrogen functional groups attached to an aromatic ring is 1. The number of halogens is 1. The van der Waals surface area contributed by atoms with Crippen LogP contribution in [0.5, 0.6) is 0 Å². The van der Waals surface area contributed by atoms with Crippen LogP contribution in [-0.4, -0.2) is 24.1 Å². The first-order valence-electron chi connectivity index (χ1n) is 8.51. The Bertz CT molecular complexity index is 1310. The molecule has 9 heteroatoms. The Morgan fingerprint density at radius 1 is 0.966 bits per heavy atom. The molecular weight excluding hydrogens is 395 g/mol. The highest BCUT2D eigenvalue weighted by atomic mass is 32.2. The fourth-order valence-electron chi connectivity index (χ4n) is 2.88. The molecule has 4 aromatic rings. The molecule has 0 unspecified atom stereocenters. The van der Waals surface area contributed by atoms with Gasteiger partial charge in [-0.3, -0.25) is 9.52 Å². The first-order valence-corrected chi connectivity index (χ1v) is 10.00. The van der Waals surface area contributed by atoms with E-state index in [1.54, 1.807) is 24.3 Å². The largest absolute Gasteiger partial charge is 0.382 e. The minimum atomic E-state index is -3.88. The molecule has 0 fully saturated rings. The number of carbonyl (C=O) groups is 1. The smallest absolute Gasteiger partial charge is 0.278 e. The molecule has 146 valence electrons. The standard InChI is InChI=1S/C20H15FN4O3S/c21-14-7-11-16(12-8-14)29(27,28)24-15-9-5-13(6-10-15)20(26)25-18-4-2-1-3-17(18)19(22)23-25/h1-12,24H,(H2,22,23). The number of rotatable bonds is 4. The number of benzene rings is 3. The number of nitrogens with one attached hydrogen (secondary N) is 1. The summed E-state index contributed by atoms with van der Waals surface area (Å²) in [4.78, 5) is 12.7. The van der Waals surface area contributed by atoms with Gasteiger partial charge in [-0.1, -0.05) is 12.1 Å². The first kappa shape index (κ1) is 18.6. The molecular formula is C20H15FN4O3S. The zero-order valence-corrected chi connectivity index (χ0v) is 15.7. The van der Waals surface area contributed by atoms with Crippen molar-refractivity contribution >= 4 is 38.3 Å². The molecule has 4 rings (SSSR count). The van der Waals surface area contributed by atoms with E-state index in [0.29, 0.717) is 16.5 Å². The van der Waals surface area contributed by atoms with E-state index in [1.807, 2.05) is 0 Å². The van der Waals surface area contributed by atoms with E-state index >= 15 is 0 Å². The van der Waals surface area contributed by atoms with Crippen LogP contribution >= 0.6 is 0 Å². The van der Waals surface area contributed by atoms with Crippen LogP contribution in [0, 0.1) is 5.82 Å². The zero-order valence-electron chi connectivity index (χ0n) is 14.9. The van der Waals surface area contributed by atoms with Gasteiger partial charge < -0.3 is 5.73 Å². The van der Waals surface area contributed by atoms with Crippen LogP contribution in [0.4, 0.5) is 15.9 Å². The van der Waals surface area contributed by atoms with Crippen molar-refractivity contribution < 1.29 is 17.6 Å². The fourth-order valence-corrected chi connectivity index (χ4v) is 3.93. The Kier molecular flexibility index (Phi) is 4.51. The number of hydrogen-bond donors (Lipinski definition) is 2. The highest BCUT2D eigenvalue weighted by Crippen LogP contribution is 2.22. The number of sulfonamides is 1. The molecule has 7 nitrogen and oxygen atoms in total. The third-order valence-electron chi connectivity index (χ3n) is 4.32. The predicted molar refractivity (Wildman–Crippen MR) is 108 cm³/mol. The second kappa shape index (κ2) is 7.02. The summed E-state index contributed by atoms with van der Waals surface area (Å²) in [5, 5.41) is 4.77. The minimum absolute atomic E-state index is 0.0717. The molecule has 0 saturated carbocycles. The number of fused-ring (bicyclic) bond motifs is 1. The van der Waals surface area contributed by atoms with Gasteiger partial charge in [0.25, 0.3) is 15.9 Å². The predicted octanol–water partition coefficient (Wildman–Crippen LogP) is 3.25. The molecule has 0 spiro atoms. The van der Waals surface area contributed by atoms with Gasteiger partial charge in [0.1, 0.15) is 5.82 Å². The second-order valence-electron chi connectivity index (χ2n) is 6.26. The third-order valence-corrected chi connectivity index (χ3v) is 5.71. The SMILES string of the molecule is Nc1nn(C(=O)c2ccc(NS(=O)(=O)c3ccc(F)cc3)cc2)c2ccccc12. The van der Waals surface area contributed by atoms with Crippen molar-refractivity contribution in [1.29, 1.82) is 0 Å². The number of anilines is 2. The lowest BCUT2D eigenvalue weighted by molar-refractivity contribution is 0.0951. The molecule has 29 heavy (non-hydrogen) atoms. The average molecular weight is 410 g/mol. The number of aromatic nitrogens is 2. The molecule has 1 aromatic heterocycles. The van der Waals surface area contributed by atoms with E-state index in [0.717, 1.165) is 12.1 Å². The number of hydrogen-bond acceptors (Lipinski definition) is 5. The quantitative estimate of drug-likeness (QED) is 0.537. The molecule has 0 amide bonds. The van der Waals surface area contributed by atoms with E-state index < -0.39 is 21.7 Å². The summed E-state index contributed by atoms with van der Waals surface area (Å²) in [5.41, 5.74) is 7.01. The van der Waals surface area contributed by atoms with E-state index in [1.165, 1.54) is 41.1 Å². The van der Waals surface area contributed by atoms with Crippen LogP contribution < -0.4 is 10.5 Å². The van der Waals surface area contributed by atoms with Crippen molar-refractivity contribution in [2.75, 3.05) is 10.5 Å². The minimum Gasteiger partial charge on any atom is -0.382 e. The van der Waals surface area contributed by atoms with E-state index in [9.17, 15) is 17.6 Å². The van der Waals surface area contributed by atoms with E-state index in [-0.39, 0.29) is 16.4 Å². The molecule has 0 aliphatic rings. The second-order valence-corrected chi connectivity index (χ2v) is 7.94. The maximum Gasteiger partial charge on any atom is 0.278 e. The maximum atomic E-state index is 13.0. The Labute approximate surface area is 165 Å². The maximum absolute atomic E-state index is 13.0. The number of nitrogens with two attached hydrogens (primary N) is 1. The van der Waals surface area contributed by atoms with Crippen molar-refractivity contribution in [2.45, 2.75) is 4.90 Å². The molecule has 0 atom stereocenters. The molecule has 1 heterocycles. The topological polar surface area (TPSA) is 107 Å². The molecule has 0 aliphatic carbocycles. The van der Waals surface area contributed by atoms with Gasteiger partial charge in [-0.05, 0) is 60.7 Å². The van der Waals surface area contributed by atoms with Crippen LogP contribution in [0.3, 0.4) is 0 Å². The summed E-state index contributed by atoms with van der Waals surface area (Å²) in [6, 6.07) is 17.5. The number of para-hydroxylation sites is 1. The van der Waals surface area contributed by atoms with Gasteiger partial charge in [0.15, 0.2) is 5.82 Å². The van der Waals surface area contributed by atoms with E-state index in [2.05, 4.69) is 9.82 Å². The number of nitrogens with zero attached hydrogens (tertiary/aromatic N) is 2. The van der Waals surface area contributed by atoms with Gasteiger partial charge in [0.2, 0.25) is 0 Å². The van der Waals surface area contributed by atoms with Crippen molar-refractivity contribution in [1.82, 2.24) is 9.78 Å². The van der Waals surface area contributed by atoms with Gasteiger partial charge in [-0.25, -0.2) is 12.8 Å². The zero-order chi connectivity index (χ0) is 20.6. The summed E-state index contributed by atoms with van der Waals surface area (Å²) >= 11 is 0. The molecule has 0 bridgehead atoms. The Balaban J connectivity index is 1.59. The van der Waals surface area contributed by atoms with Gasteiger partial charge in [0, 0.05) is 16.6 Å². The van der Waals surface area contributed by atoms with Crippen LogP contribution in [0.1, 0.15) is 10.4 Å². The third kappa shape index (κ3) is 3.55. The lowest BCUT2D eigenvalue weighted by Gasteiger charge is -2.09. The molecule has 0 radical (unpaired) electrons. The van der Waals surface area contributed by atoms with Gasteiger partial charge in [-0.2, -0.15) is 4.68 Å². The first-order chi connectivity index (χ1) is 13.8. The Morgan fingerprint density at radius 3 is 2.31 bits per heavy atom. The lowest BCUT2D eigenvalue weighted by atomic mass is 10.2. The van der Waals surface area contributed by atoms with Crippen LogP contribution in [0.2, 0.25) is 0 Å². The van der Waals surface area contributed by atoms with Crippen LogP contribution in [0.15, 0.2) is 77.7 Å². The lowest BCUT2D eigenvalue weighted by Crippen LogP contribution is -2.15. The van der Waals surface area contributed by atoms with Crippen molar-refractivity contribution in [3.05, 3.63) is 84.2 Å². The normalized spacial score (nSPS) is 11.5. The Morgan fingerprint density at radius 2 is 1.62 bits per heavy atom. The highest BCUT2D eigenvalue weighted by molar-refractivity contribution is 7.92. The summed E-state index contributed by atoms with van der Waals surface area (Å²) < 4.78 is 41.3.